The second kappa shape index (κ2) is 8.07. The van der Waals surface area contributed by atoms with Gasteiger partial charge >= 0.3 is 0 Å². The van der Waals surface area contributed by atoms with Crippen LogP contribution >= 0.6 is 0 Å². The third-order valence-corrected chi connectivity index (χ3v) is 6.37. The van der Waals surface area contributed by atoms with E-state index in [4.69, 9.17) is 4.74 Å². The quantitative estimate of drug-likeness (QED) is 0.731. The zero-order chi connectivity index (χ0) is 19.4. The Morgan fingerprint density at radius 3 is 2.04 bits per heavy atom. The summed E-state index contributed by atoms with van der Waals surface area (Å²) in [7, 11) is -5.75. The fourth-order valence-corrected chi connectivity index (χ4v) is 4.27. The monoisotopic (exact) mass is 398 g/mol. The number of ether oxygens (including phenoxy) is 1. The maximum Gasteiger partial charge on any atom is 0.240 e. The molecule has 0 saturated carbocycles. The van der Waals surface area contributed by atoms with Gasteiger partial charge in [0.15, 0.2) is 0 Å². The number of methoxy groups -OCH3 is 1. The number of hydrogen-bond donors (Lipinski definition) is 1. The van der Waals surface area contributed by atoms with E-state index in [-0.39, 0.29) is 18.0 Å². The molecule has 26 heavy (non-hydrogen) atoms. The van der Waals surface area contributed by atoms with E-state index in [1.807, 2.05) is 6.92 Å². The summed E-state index contributed by atoms with van der Waals surface area (Å²) in [6, 6.07) is 12.9. The number of nitrogens with zero attached hydrogens (tertiary/aromatic N) is 1. The minimum absolute atomic E-state index is 0.0315. The topological polar surface area (TPSA) is 92.8 Å². The molecular formula is C17H22N2O5S2. The summed E-state index contributed by atoms with van der Waals surface area (Å²) in [5.41, 5.74) is 1.38. The van der Waals surface area contributed by atoms with Gasteiger partial charge in [0.2, 0.25) is 20.0 Å². The lowest BCUT2D eigenvalue weighted by Gasteiger charge is -2.22. The fraction of sp³-hybridized carbons (Fsp3) is 0.294. The Balaban J connectivity index is 2.11. The molecule has 9 heteroatoms. The predicted molar refractivity (Wildman–Crippen MR) is 102 cm³/mol. The second-order valence-electron chi connectivity index (χ2n) is 5.74. The summed E-state index contributed by atoms with van der Waals surface area (Å²) in [5, 5.41) is 0. The minimum Gasteiger partial charge on any atom is -0.497 e. The highest BCUT2D eigenvalue weighted by atomic mass is 32.2. The van der Waals surface area contributed by atoms with Crippen LogP contribution in [0.5, 0.6) is 5.75 Å². The Morgan fingerprint density at radius 1 is 0.962 bits per heavy atom. The van der Waals surface area contributed by atoms with Gasteiger partial charge in [0.1, 0.15) is 5.75 Å². The van der Waals surface area contributed by atoms with Gasteiger partial charge in [-0.3, -0.25) is 4.31 Å². The van der Waals surface area contributed by atoms with E-state index in [0.717, 1.165) is 16.1 Å². The van der Waals surface area contributed by atoms with Gasteiger partial charge in [-0.1, -0.05) is 17.7 Å². The first-order valence-corrected chi connectivity index (χ1v) is 11.1. The van der Waals surface area contributed by atoms with Crippen molar-refractivity contribution in [2.24, 2.45) is 0 Å². The van der Waals surface area contributed by atoms with Crippen LogP contribution in [0.4, 0.5) is 5.69 Å². The van der Waals surface area contributed by atoms with Crippen LogP contribution in [0.3, 0.4) is 0 Å². The first-order valence-electron chi connectivity index (χ1n) is 7.81. The zero-order valence-corrected chi connectivity index (χ0v) is 16.5. The van der Waals surface area contributed by atoms with Crippen LogP contribution < -0.4 is 13.8 Å². The van der Waals surface area contributed by atoms with Crippen molar-refractivity contribution in [3.63, 3.8) is 0 Å². The molecule has 0 spiro atoms. The summed E-state index contributed by atoms with van der Waals surface area (Å²) < 4.78 is 57.4. The molecule has 0 saturated heterocycles. The van der Waals surface area contributed by atoms with Crippen molar-refractivity contribution >= 4 is 25.7 Å². The molecule has 2 aromatic carbocycles. The maximum atomic E-state index is 12.3. The van der Waals surface area contributed by atoms with Crippen molar-refractivity contribution in [1.29, 1.82) is 0 Å². The number of aryl methyl sites for hydroxylation is 1. The number of sulfonamides is 2. The number of anilines is 1. The average molecular weight is 399 g/mol. The molecule has 1 N–H and O–H groups in total. The van der Waals surface area contributed by atoms with Crippen molar-refractivity contribution in [3.05, 3.63) is 54.1 Å². The first-order chi connectivity index (χ1) is 12.1. The molecule has 2 aromatic rings. The lowest BCUT2D eigenvalue weighted by Crippen LogP contribution is -2.38. The van der Waals surface area contributed by atoms with E-state index >= 15 is 0 Å². The third-order valence-electron chi connectivity index (χ3n) is 3.70. The highest BCUT2D eigenvalue weighted by molar-refractivity contribution is 7.92. The minimum atomic E-state index is -3.70. The SMILES string of the molecule is COc1ccc(N(CCNS(=O)(=O)c2ccc(C)cc2)S(C)(=O)=O)cc1. The summed E-state index contributed by atoms with van der Waals surface area (Å²) in [6.07, 6.45) is 1.08. The molecule has 142 valence electrons. The summed E-state index contributed by atoms with van der Waals surface area (Å²) in [4.78, 5) is 0.137. The molecule has 0 radical (unpaired) electrons. The Kier molecular flexibility index (Phi) is 6.27. The Morgan fingerprint density at radius 2 is 1.54 bits per heavy atom. The molecule has 0 unspecified atom stereocenters. The zero-order valence-electron chi connectivity index (χ0n) is 14.8. The van der Waals surface area contributed by atoms with E-state index in [1.165, 1.54) is 19.2 Å². The predicted octanol–water partition coefficient (Wildman–Crippen LogP) is 1.75. The molecular weight excluding hydrogens is 376 g/mol. The molecule has 7 nitrogen and oxygen atoms in total. The van der Waals surface area contributed by atoms with Crippen LogP contribution in [0, 0.1) is 6.92 Å². The van der Waals surface area contributed by atoms with Gasteiger partial charge in [0.25, 0.3) is 0 Å². The van der Waals surface area contributed by atoms with Gasteiger partial charge in [0.05, 0.1) is 23.9 Å². The van der Waals surface area contributed by atoms with E-state index in [2.05, 4.69) is 4.72 Å². The molecule has 0 heterocycles. The van der Waals surface area contributed by atoms with E-state index < -0.39 is 20.0 Å². The molecule has 0 amide bonds. The molecule has 0 aliphatic carbocycles. The van der Waals surface area contributed by atoms with Crippen LogP contribution in [0.15, 0.2) is 53.4 Å². The Hall–Kier alpha value is -2.10. The molecule has 0 aliphatic heterocycles. The van der Waals surface area contributed by atoms with Crippen molar-refractivity contribution in [1.82, 2.24) is 4.72 Å². The van der Waals surface area contributed by atoms with Gasteiger partial charge in [0, 0.05) is 13.1 Å². The molecule has 2 rings (SSSR count). The summed E-state index contributed by atoms with van der Waals surface area (Å²) >= 11 is 0. The summed E-state index contributed by atoms with van der Waals surface area (Å²) in [6.45, 7) is 1.77. The molecule has 0 aliphatic rings. The maximum absolute atomic E-state index is 12.3. The number of nitrogens with one attached hydrogen (secondary N) is 1. The highest BCUT2D eigenvalue weighted by Gasteiger charge is 2.19. The number of rotatable bonds is 8. The van der Waals surface area contributed by atoms with Crippen LogP contribution in [0.25, 0.3) is 0 Å². The van der Waals surface area contributed by atoms with Gasteiger partial charge in [-0.05, 0) is 43.3 Å². The van der Waals surface area contributed by atoms with Crippen LogP contribution in [-0.4, -0.2) is 43.3 Å². The Labute approximate surface area is 154 Å². The van der Waals surface area contributed by atoms with Crippen molar-refractivity contribution < 1.29 is 21.6 Å². The molecule has 0 bridgehead atoms. The van der Waals surface area contributed by atoms with Gasteiger partial charge in [-0.25, -0.2) is 21.6 Å². The van der Waals surface area contributed by atoms with E-state index in [9.17, 15) is 16.8 Å². The van der Waals surface area contributed by atoms with E-state index in [0.29, 0.717) is 11.4 Å². The standard InChI is InChI=1S/C17H22N2O5S2/c1-14-4-10-17(11-5-14)26(22,23)18-12-13-19(25(3,20)21)15-6-8-16(24-2)9-7-15/h4-11,18H,12-13H2,1-3H3. The van der Waals surface area contributed by atoms with Gasteiger partial charge in [-0.15, -0.1) is 0 Å². The largest absolute Gasteiger partial charge is 0.497 e. The highest BCUT2D eigenvalue weighted by Crippen LogP contribution is 2.21. The second-order valence-corrected chi connectivity index (χ2v) is 9.42. The number of hydrogen-bond acceptors (Lipinski definition) is 5. The average Bonchev–Trinajstić information content (AvgIpc) is 2.58. The molecule has 0 fully saturated rings. The smallest absolute Gasteiger partial charge is 0.240 e. The lowest BCUT2D eigenvalue weighted by atomic mass is 10.2. The Bertz CT molecular complexity index is 938. The van der Waals surface area contributed by atoms with Crippen molar-refractivity contribution in [3.8, 4) is 5.75 Å². The fourth-order valence-electron chi connectivity index (χ4n) is 2.32. The van der Waals surface area contributed by atoms with Gasteiger partial charge in [-0.2, -0.15) is 0 Å². The van der Waals surface area contributed by atoms with Crippen molar-refractivity contribution in [2.45, 2.75) is 11.8 Å². The van der Waals surface area contributed by atoms with Crippen LogP contribution in [0.1, 0.15) is 5.56 Å². The van der Waals surface area contributed by atoms with Gasteiger partial charge < -0.3 is 4.74 Å². The van der Waals surface area contributed by atoms with Crippen molar-refractivity contribution in [2.75, 3.05) is 30.8 Å². The normalized spacial score (nSPS) is 12.0. The first kappa shape index (κ1) is 20.2. The van der Waals surface area contributed by atoms with Crippen LogP contribution in [0.2, 0.25) is 0 Å². The lowest BCUT2D eigenvalue weighted by molar-refractivity contribution is 0.415. The third kappa shape index (κ3) is 5.20. The summed E-state index contributed by atoms with van der Waals surface area (Å²) in [5.74, 6) is 0.599. The number of benzene rings is 2. The van der Waals surface area contributed by atoms with Crippen LogP contribution in [-0.2, 0) is 20.0 Å². The molecule has 0 atom stereocenters. The van der Waals surface area contributed by atoms with E-state index in [1.54, 1.807) is 36.4 Å². The molecule has 0 aromatic heterocycles.